The second kappa shape index (κ2) is 9.60. The van der Waals surface area contributed by atoms with E-state index in [1.54, 1.807) is 12.1 Å². The van der Waals surface area contributed by atoms with Crippen LogP contribution >= 0.6 is 11.6 Å². The van der Waals surface area contributed by atoms with Gasteiger partial charge < -0.3 is 15.0 Å². The summed E-state index contributed by atoms with van der Waals surface area (Å²) in [6.45, 7) is 1.24. The van der Waals surface area contributed by atoms with Gasteiger partial charge in [0.05, 0.1) is 22.2 Å². The minimum atomic E-state index is -4.73. The van der Waals surface area contributed by atoms with Gasteiger partial charge in [-0.05, 0) is 30.2 Å². The van der Waals surface area contributed by atoms with E-state index in [0.717, 1.165) is 17.7 Å². The lowest BCUT2D eigenvalue weighted by atomic mass is 10.1. The van der Waals surface area contributed by atoms with Crippen LogP contribution in [0.3, 0.4) is 0 Å². The van der Waals surface area contributed by atoms with Crippen LogP contribution in [0.5, 0.6) is 0 Å². The molecule has 6 nitrogen and oxygen atoms in total. The van der Waals surface area contributed by atoms with Crippen LogP contribution in [0.1, 0.15) is 24.5 Å². The number of aryl methyl sites for hydroxylation is 1. The Kier molecular flexibility index (Phi) is 7.08. The lowest BCUT2D eigenvalue weighted by molar-refractivity contribution is -0.151. The molecule has 1 atom stereocenters. The first kappa shape index (κ1) is 23.6. The SMILES string of the molecule is CCc1ccccc1N1CC(C(=O)OCC(=O)Nc2c(Cl)cccc2C(F)(F)F)CC1=O. The second-order valence-electron chi connectivity index (χ2n) is 7.20. The second-order valence-corrected chi connectivity index (χ2v) is 7.61. The molecule has 2 aromatic carbocycles. The fraction of sp³-hybridized carbons (Fsp3) is 0.318. The summed E-state index contributed by atoms with van der Waals surface area (Å²) in [6.07, 6.45) is -4.11. The fourth-order valence-corrected chi connectivity index (χ4v) is 3.71. The van der Waals surface area contributed by atoms with Gasteiger partial charge in [-0.1, -0.05) is 42.8 Å². The zero-order chi connectivity index (χ0) is 23.5. The maximum atomic E-state index is 13.1. The normalized spacial score (nSPS) is 16.2. The molecular weight excluding hydrogens is 449 g/mol. The molecule has 0 spiro atoms. The molecule has 3 rings (SSSR count). The Morgan fingerprint density at radius 1 is 1.19 bits per heavy atom. The van der Waals surface area contributed by atoms with Crippen molar-refractivity contribution in [3.05, 3.63) is 58.6 Å². The quantitative estimate of drug-likeness (QED) is 0.635. The van der Waals surface area contributed by atoms with Crippen LogP contribution in [0.15, 0.2) is 42.5 Å². The van der Waals surface area contributed by atoms with Gasteiger partial charge in [-0.25, -0.2) is 0 Å². The van der Waals surface area contributed by atoms with Gasteiger partial charge in [0.1, 0.15) is 0 Å². The van der Waals surface area contributed by atoms with Gasteiger partial charge in [-0.15, -0.1) is 0 Å². The van der Waals surface area contributed by atoms with Crippen LogP contribution in [-0.2, 0) is 31.7 Å². The zero-order valence-corrected chi connectivity index (χ0v) is 17.8. The molecule has 32 heavy (non-hydrogen) atoms. The van der Waals surface area contributed by atoms with Crippen molar-refractivity contribution in [2.45, 2.75) is 25.9 Å². The van der Waals surface area contributed by atoms with Crippen LogP contribution in [0.4, 0.5) is 24.5 Å². The highest BCUT2D eigenvalue weighted by molar-refractivity contribution is 6.34. The molecule has 10 heteroatoms. The first-order valence-electron chi connectivity index (χ1n) is 9.82. The van der Waals surface area contributed by atoms with Crippen molar-refractivity contribution >= 4 is 40.8 Å². The smallest absolute Gasteiger partial charge is 0.418 e. The van der Waals surface area contributed by atoms with Crippen molar-refractivity contribution in [1.29, 1.82) is 0 Å². The minimum absolute atomic E-state index is 0.0821. The highest BCUT2D eigenvalue weighted by Gasteiger charge is 2.37. The van der Waals surface area contributed by atoms with E-state index in [2.05, 4.69) is 0 Å². The summed E-state index contributed by atoms with van der Waals surface area (Å²) in [5.41, 5.74) is -0.0571. The number of esters is 1. The number of nitrogens with one attached hydrogen (secondary N) is 1. The summed E-state index contributed by atoms with van der Waals surface area (Å²) >= 11 is 5.80. The molecule has 1 heterocycles. The van der Waals surface area contributed by atoms with Crippen molar-refractivity contribution in [2.75, 3.05) is 23.4 Å². The number of alkyl halides is 3. The van der Waals surface area contributed by atoms with Crippen molar-refractivity contribution in [3.63, 3.8) is 0 Å². The maximum absolute atomic E-state index is 13.1. The molecule has 0 radical (unpaired) electrons. The fourth-order valence-electron chi connectivity index (χ4n) is 3.49. The third-order valence-corrected chi connectivity index (χ3v) is 5.37. The van der Waals surface area contributed by atoms with Gasteiger partial charge in [0, 0.05) is 18.7 Å². The van der Waals surface area contributed by atoms with E-state index in [-0.39, 0.29) is 23.9 Å². The lowest BCUT2D eigenvalue weighted by Crippen LogP contribution is -2.29. The standard InChI is InChI=1S/C22H20ClF3N2O4/c1-2-13-6-3-4-9-17(13)28-11-14(10-19(28)30)21(31)32-12-18(29)27-20-15(22(24,25)26)7-5-8-16(20)23/h3-9,14H,2,10-12H2,1H3,(H,27,29). The van der Waals surface area contributed by atoms with Crippen LogP contribution in [0.2, 0.25) is 5.02 Å². The molecule has 1 fully saturated rings. The largest absolute Gasteiger partial charge is 0.455 e. The number of benzene rings is 2. The van der Waals surface area contributed by atoms with E-state index in [9.17, 15) is 27.6 Å². The number of halogens is 4. The van der Waals surface area contributed by atoms with E-state index >= 15 is 0 Å². The Balaban J connectivity index is 1.61. The predicted molar refractivity (Wildman–Crippen MR) is 112 cm³/mol. The van der Waals surface area contributed by atoms with Crippen LogP contribution in [-0.4, -0.2) is 30.9 Å². The average molecular weight is 469 g/mol. The van der Waals surface area contributed by atoms with Crippen LogP contribution in [0, 0.1) is 5.92 Å². The summed E-state index contributed by atoms with van der Waals surface area (Å²) < 4.78 is 44.4. The van der Waals surface area contributed by atoms with Crippen molar-refractivity contribution in [3.8, 4) is 0 Å². The molecule has 2 amide bonds. The molecule has 170 valence electrons. The average Bonchev–Trinajstić information content (AvgIpc) is 3.14. The Bertz CT molecular complexity index is 1040. The zero-order valence-electron chi connectivity index (χ0n) is 17.0. The van der Waals surface area contributed by atoms with Crippen molar-refractivity contribution in [1.82, 2.24) is 0 Å². The van der Waals surface area contributed by atoms with Crippen molar-refractivity contribution < 1.29 is 32.3 Å². The topological polar surface area (TPSA) is 75.7 Å². The Morgan fingerprint density at radius 2 is 1.91 bits per heavy atom. The summed E-state index contributed by atoms with van der Waals surface area (Å²) in [6, 6.07) is 10.4. The minimum Gasteiger partial charge on any atom is -0.455 e. The molecule has 1 N–H and O–H groups in total. The molecule has 1 aliphatic rings. The number of anilines is 2. The van der Waals surface area contributed by atoms with Gasteiger partial charge in [0.25, 0.3) is 5.91 Å². The number of para-hydroxylation sites is 2. The summed E-state index contributed by atoms with van der Waals surface area (Å²) in [4.78, 5) is 38.4. The molecular formula is C22H20ClF3N2O4. The number of hydrogen-bond acceptors (Lipinski definition) is 4. The Hall–Kier alpha value is -3.07. The highest BCUT2D eigenvalue weighted by Crippen LogP contribution is 2.38. The number of ether oxygens (including phenoxy) is 1. The first-order valence-corrected chi connectivity index (χ1v) is 10.2. The molecule has 1 saturated heterocycles. The van der Waals surface area contributed by atoms with Gasteiger partial charge >= 0.3 is 12.1 Å². The number of hydrogen-bond donors (Lipinski definition) is 1. The first-order chi connectivity index (χ1) is 15.1. The third kappa shape index (κ3) is 5.21. The number of carbonyl (C=O) groups excluding carboxylic acids is 3. The predicted octanol–water partition coefficient (Wildman–Crippen LogP) is 4.46. The highest BCUT2D eigenvalue weighted by atomic mass is 35.5. The van der Waals surface area contributed by atoms with E-state index < -0.39 is 41.8 Å². The van der Waals surface area contributed by atoms with E-state index in [1.807, 2.05) is 24.4 Å². The summed E-state index contributed by atoms with van der Waals surface area (Å²) in [5.74, 6) is -2.79. The Morgan fingerprint density at radius 3 is 2.59 bits per heavy atom. The summed E-state index contributed by atoms with van der Waals surface area (Å²) in [7, 11) is 0. The van der Waals surface area contributed by atoms with E-state index in [4.69, 9.17) is 16.3 Å². The monoisotopic (exact) mass is 468 g/mol. The molecule has 0 saturated carbocycles. The molecule has 1 unspecified atom stereocenters. The van der Waals surface area contributed by atoms with Crippen molar-refractivity contribution in [2.24, 2.45) is 5.92 Å². The molecule has 0 aromatic heterocycles. The maximum Gasteiger partial charge on any atom is 0.418 e. The van der Waals surface area contributed by atoms with Crippen LogP contribution in [0.25, 0.3) is 0 Å². The third-order valence-electron chi connectivity index (χ3n) is 5.05. The van der Waals surface area contributed by atoms with E-state index in [0.29, 0.717) is 12.1 Å². The molecule has 0 bridgehead atoms. The summed E-state index contributed by atoms with van der Waals surface area (Å²) in [5, 5.41) is 1.74. The number of nitrogens with zero attached hydrogens (tertiary/aromatic N) is 1. The van der Waals surface area contributed by atoms with Gasteiger partial charge in [0.15, 0.2) is 6.61 Å². The lowest BCUT2D eigenvalue weighted by Gasteiger charge is -2.19. The number of carbonyl (C=O) groups is 3. The van der Waals surface area contributed by atoms with Gasteiger partial charge in [0.2, 0.25) is 5.91 Å². The molecule has 0 aliphatic carbocycles. The van der Waals surface area contributed by atoms with Crippen LogP contribution < -0.4 is 10.2 Å². The molecule has 1 aliphatic heterocycles. The van der Waals surface area contributed by atoms with E-state index in [1.165, 1.54) is 11.0 Å². The Labute approximate surface area is 187 Å². The van der Waals surface area contributed by atoms with Gasteiger partial charge in [-0.3, -0.25) is 14.4 Å². The molecule has 2 aromatic rings. The van der Waals surface area contributed by atoms with Gasteiger partial charge in [-0.2, -0.15) is 13.2 Å². The number of amides is 2. The number of rotatable bonds is 6.